The molecule has 1 amide bonds. The molecule has 2 aromatic rings. The third kappa shape index (κ3) is 4.92. The van der Waals surface area contributed by atoms with Crippen LogP contribution in [0, 0.1) is 0 Å². The van der Waals surface area contributed by atoms with Gasteiger partial charge in [0.05, 0.1) is 20.1 Å². The lowest BCUT2D eigenvalue weighted by molar-refractivity contribution is -0.117. The first-order chi connectivity index (χ1) is 11.1. The summed E-state index contributed by atoms with van der Waals surface area (Å²) in [4.78, 5) is 10.9. The number of carbonyl (C=O) groups excluding carboxylic acids is 1. The summed E-state index contributed by atoms with van der Waals surface area (Å²) >= 11 is 0. The standard InChI is InChI=1S/C18H22N2O3/c1-3-23-17-10-14(6-9-16(17)22-2)12-20-15-7-4-13(5-8-15)11-18(19)21/h4-10,20H,3,11-12H2,1-2H3,(H2,19,21). The van der Waals surface area contributed by atoms with Gasteiger partial charge in [-0.3, -0.25) is 4.79 Å². The summed E-state index contributed by atoms with van der Waals surface area (Å²) in [6, 6.07) is 13.5. The van der Waals surface area contributed by atoms with Crippen molar-refractivity contribution >= 4 is 11.6 Å². The van der Waals surface area contributed by atoms with Crippen molar-refractivity contribution in [2.24, 2.45) is 5.73 Å². The Hall–Kier alpha value is -2.69. The molecule has 0 atom stereocenters. The minimum absolute atomic E-state index is 0.260. The Morgan fingerprint density at radius 3 is 2.39 bits per heavy atom. The van der Waals surface area contributed by atoms with Gasteiger partial charge in [0.15, 0.2) is 11.5 Å². The van der Waals surface area contributed by atoms with E-state index in [0.29, 0.717) is 13.2 Å². The zero-order valence-corrected chi connectivity index (χ0v) is 13.5. The SMILES string of the molecule is CCOc1cc(CNc2ccc(CC(N)=O)cc2)ccc1OC. The summed E-state index contributed by atoms with van der Waals surface area (Å²) in [6.07, 6.45) is 0.260. The van der Waals surface area contributed by atoms with Crippen molar-refractivity contribution < 1.29 is 14.3 Å². The lowest BCUT2D eigenvalue weighted by Gasteiger charge is -2.12. The van der Waals surface area contributed by atoms with Gasteiger partial charge in [0.25, 0.3) is 0 Å². The second-order valence-corrected chi connectivity index (χ2v) is 5.11. The van der Waals surface area contributed by atoms with Crippen molar-refractivity contribution in [3.63, 3.8) is 0 Å². The molecule has 0 saturated carbocycles. The highest BCUT2D eigenvalue weighted by Gasteiger charge is 2.05. The summed E-state index contributed by atoms with van der Waals surface area (Å²) in [7, 11) is 1.63. The lowest BCUT2D eigenvalue weighted by Crippen LogP contribution is -2.13. The van der Waals surface area contributed by atoms with Crippen molar-refractivity contribution in [3.05, 3.63) is 53.6 Å². The maximum atomic E-state index is 10.9. The number of primary amides is 1. The quantitative estimate of drug-likeness (QED) is 0.786. The topological polar surface area (TPSA) is 73.6 Å². The van der Waals surface area contributed by atoms with E-state index in [9.17, 15) is 4.79 Å². The molecular formula is C18H22N2O3. The fraction of sp³-hybridized carbons (Fsp3) is 0.278. The molecule has 0 unspecified atom stereocenters. The van der Waals surface area contributed by atoms with Crippen LogP contribution in [-0.4, -0.2) is 19.6 Å². The van der Waals surface area contributed by atoms with Crippen LogP contribution in [0.15, 0.2) is 42.5 Å². The van der Waals surface area contributed by atoms with E-state index >= 15 is 0 Å². The van der Waals surface area contributed by atoms with Crippen LogP contribution in [0.2, 0.25) is 0 Å². The van der Waals surface area contributed by atoms with Crippen LogP contribution in [0.25, 0.3) is 0 Å². The molecule has 0 radical (unpaired) electrons. The molecule has 0 fully saturated rings. The number of rotatable bonds is 8. The molecule has 5 heteroatoms. The van der Waals surface area contributed by atoms with Crippen LogP contribution in [0.1, 0.15) is 18.1 Å². The van der Waals surface area contributed by atoms with E-state index in [2.05, 4.69) is 5.32 Å². The van der Waals surface area contributed by atoms with Crippen molar-refractivity contribution in [2.45, 2.75) is 19.9 Å². The molecular weight excluding hydrogens is 292 g/mol. The van der Waals surface area contributed by atoms with Crippen LogP contribution >= 0.6 is 0 Å². The summed E-state index contributed by atoms with van der Waals surface area (Å²) < 4.78 is 10.9. The number of hydrogen-bond acceptors (Lipinski definition) is 4. The Labute approximate surface area is 136 Å². The number of ether oxygens (including phenoxy) is 2. The zero-order chi connectivity index (χ0) is 16.7. The third-order valence-corrected chi connectivity index (χ3v) is 3.36. The molecule has 2 rings (SSSR count). The van der Waals surface area contributed by atoms with E-state index in [-0.39, 0.29) is 12.3 Å². The molecule has 0 spiro atoms. The molecule has 5 nitrogen and oxygen atoms in total. The van der Waals surface area contributed by atoms with E-state index in [1.807, 2.05) is 49.4 Å². The summed E-state index contributed by atoms with van der Waals surface area (Å²) in [6.45, 7) is 3.20. The maximum absolute atomic E-state index is 10.9. The minimum Gasteiger partial charge on any atom is -0.493 e. The molecule has 0 aromatic heterocycles. The van der Waals surface area contributed by atoms with Gasteiger partial charge in [-0.1, -0.05) is 18.2 Å². The Balaban J connectivity index is 2.00. The molecule has 3 N–H and O–H groups in total. The molecule has 0 saturated heterocycles. The van der Waals surface area contributed by atoms with Gasteiger partial charge < -0.3 is 20.5 Å². The molecule has 0 heterocycles. The molecule has 2 aromatic carbocycles. The largest absolute Gasteiger partial charge is 0.493 e. The summed E-state index contributed by atoms with van der Waals surface area (Å²) in [5.41, 5.74) is 8.16. The summed E-state index contributed by atoms with van der Waals surface area (Å²) in [5, 5.41) is 3.34. The minimum atomic E-state index is -0.326. The number of hydrogen-bond donors (Lipinski definition) is 2. The summed E-state index contributed by atoms with van der Waals surface area (Å²) in [5.74, 6) is 1.14. The molecule has 122 valence electrons. The van der Waals surface area contributed by atoms with Crippen LogP contribution in [-0.2, 0) is 17.8 Å². The number of benzene rings is 2. The molecule has 23 heavy (non-hydrogen) atoms. The van der Waals surface area contributed by atoms with Crippen LogP contribution in [0.5, 0.6) is 11.5 Å². The van der Waals surface area contributed by atoms with Gasteiger partial charge in [-0.15, -0.1) is 0 Å². The maximum Gasteiger partial charge on any atom is 0.221 e. The average molecular weight is 314 g/mol. The number of anilines is 1. The zero-order valence-electron chi connectivity index (χ0n) is 13.5. The van der Waals surface area contributed by atoms with Gasteiger partial charge in [0, 0.05) is 12.2 Å². The van der Waals surface area contributed by atoms with Gasteiger partial charge in [0.1, 0.15) is 0 Å². The Kier molecular flexibility index (Phi) is 5.86. The van der Waals surface area contributed by atoms with Crippen molar-refractivity contribution in [2.75, 3.05) is 19.0 Å². The van der Waals surface area contributed by atoms with Crippen molar-refractivity contribution in [3.8, 4) is 11.5 Å². The number of methoxy groups -OCH3 is 1. The van der Waals surface area contributed by atoms with Crippen LogP contribution in [0.4, 0.5) is 5.69 Å². The van der Waals surface area contributed by atoms with Gasteiger partial charge in [-0.05, 0) is 42.3 Å². The highest BCUT2D eigenvalue weighted by Crippen LogP contribution is 2.28. The van der Waals surface area contributed by atoms with Gasteiger partial charge in [0.2, 0.25) is 5.91 Å². The van der Waals surface area contributed by atoms with E-state index in [1.54, 1.807) is 7.11 Å². The van der Waals surface area contributed by atoms with E-state index in [4.69, 9.17) is 15.2 Å². The van der Waals surface area contributed by atoms with Crippen molar-refractivity contribution in [1.82, 2.24) is 0 Å². The monoisotopic (exact) mass is 314 g/mol. The van der Waals surface area contributed by atoms with E-state index in [1.165, 1.54) is 0 Å². The third-order valence-electron chi connectivity index (χ3n) is 3.36. The highest BCUT2D eigenvalue weighted by molar-refractivity contribution is 5.76. The first kappa shape index (κ1) is 16.7. The second kappa shape index (κ2) is 8.08. The normalized spacial score (nSPS) is 10.2. The van der Waals surface area contributed by atoms with Gasteiger partial charge >= 0.3 is 0 Å². The molecule has 0 aliphatic rings. The molecule has 0 bridgehead atoms. The smallest absolute Gasteiger partial charge is 0.221 e. The highest BCUT2D eigenvalue weighted by atomic mass is 16.5. The molecule has 0 aliphatic carbocycles. The number of amides is 1. The second-order valence-electron chi connectivity index (χ2n) is 5.11. The average Bonchev–Trinajstić information content (AvgIpc) is 2.54. The first-order valence-electron chi connectivity index (χ1n) is 7.53. The lowest BCUT2D eigenvalue weighted by atomic mass is 10.1. The van der Waals surface area contributed by atoms with Crippen molar-refractivity contribution in [1.29, 1.82) is 0 Å². The Morgan fingerprint density at radius 1 is 1.09 bits per heavy atom. The fourth-order valence-electron chi connectivity index (χ4n) is 2.25. The first-order valence-corrected chi connectivity index (χ1v) is 7.53. The van der Waals surface area contributed by atoms with E-state index < -0.39 is 0 Å². The number of nitrogens with two attached hydrogens (primary N) is 1. The molecule has 0 aliphatic heterocycles. The fourth-order valence-corrected chi connectivity index (χ4v) is 2.25. The van der Waals surface area contributed by atoms with Crippen LogP contribution < -0.4 is 20.5 Å². The predicted molar refractivity (Wildman–Crippen MR) is 90.8 cm³/mol. The Morgan fingerprint density at radius 2 is 1.78 bits per heavy atom. The predicted octanol–water partition coefficient (Wildman–Crippen LogP) is 2.73. The Bertz CT molecular complexity index is 654. The number of nitrogens with one attached hydrogen (secondary N) is 1. The van der Waals surface area contributed by atoms with Gasteiger partial charge in [-0.2, -0.15) is 0 Å². The van der Waals surface area contributed by atoms with Gasteiger partial charge in [-0.25, -0.2) is 0 Å². The van der Waals surface area contributed by atoms with E-state index in [0.717, 1.165) is 28.3 Å². The number of carbonyl (C=O) groups is 1. The van der Waals surface area contributed by atoms with Crippen LogP contribution in [0.3, 0.4) is 0 Å².